The second kappa shape index (κ2) is 7.08. The number of carbonyl (C=O) groups is 2. The van der Waals surface area contributed by atoms with Crippen LogP contribution in [-0.2, 0) is 11.8 Å². The van der Waals surface area contributed by atoms with Gasteiger partial charge in [-0.1, -0.05) is 0 Å². The van der Waals surface area contributed by atoms with Crippen LogP contribution in [0.25, 0.3) is 0 Å². The van der Waals surface area contributed by atoms with Gasteiger partial charge in [-0.25, -0.2) is 4.79 Å². The Bertz CT molecular complexity index is 613. The molecule has 0 bridgehead atoms. The highest BCUT2D eigenvalue weighted by atomic mass is 16.3. The van der Waals surface area contributed by atoms with Gasteiger partial charge in [0.25, 0.3) is 0 Å². The van der Waals surface area contributed by atoms with Crippen LogP contribution in [0.1, 0.15) is 12.8 Å². The number of pyridine rings is 1. The van der Waals surface area contributed by atoms with E-state index in [1.165, 1.54) is 22.9 Å². The lowest BCUT2D eigenvalue weighted by Crippen LogP contribution is -2.41. The molecule has 0 unspecified atom stereocenters. The van der Waals surface area contributed by atoms with E-state index in [1.807, 2.05) is 0 Å². The van der Waals surface area contributed by atoms with Crippen LogP contribution in [-0.4, -0.2) is 52.3 Å². The van der Waals surface area contributed by atoms with E-state index in [9.17, 15) is 19.5 Å². The fourth-order valence-corrected chi connectivity index (χ4v) is 2.27. The van der Waals surface area contributed by atoms with E-state index in [-0.39, 0.29) is 24.6 Å². The number of aryl methyl sites for hydroxylation is 1. The third-order valence-corrected chi connectivity index (χ3v) is 3.44. The molecule has 1 saturated heterocycles. The topological polar surface area (TPSA) is 104 Å². The van der Waals surface area contributed by atoms with Crippen molar-refractivity contribution in [2.24, 2.45) is 7.05 Å². The summed E-state index contributed by atoms with van der Waals surface area (Å²) in [5.74, 6) is 0.0358. The highest BCUT2D eigenvalue weighted by molar-refractivity contribution is 5.89. The number of amides is 3. The number of β-amino-alcohol motifs (C(OH)–C–C–N with tert-alkyl or cyclic N) is 1. The lowest BCUT2D eigenvalue weighted by molar-refractivity contribution is -0.128. The van der Waals surface area contributed by atoms with Gasteiger partial charge in [0, 0.05) is 45.4 Å². The van der Waals surface area contributed by atoms with Gasteiger partial charge in [0.2, 0.25) is 11.5 Å². The molecule has 1 aliphatic heterocycles. The van der Waals surface area contributed by atoms with Crippen molar-refractivity contribution in [1.29, 1.82) is 0 Å². The minimum absolute atomic E-state index is 0.0358. The number of anilines is 1. The summed E-state index contributed by atoms with van der Waals surface area (Å²) in [5, 5.41) is 14.9. The van der Waals surface area contributed by atoms with E-state index in [2.05, 4.69) is 10.6 Å². The number of likely N-dealkylation sites (tertiary alicyclic amines) is 1. The molecule has 1 aromatic rings. The highest BCUT2D eigenvalue weighted by Crippen LogP contribution is 2.09. The van der Waals surface area contributed by atoms with E-state index in [1.54, 1.807) is 11.9 Å². The van der Waals surface area contributed by atoms with Gasteiger partial charge >= 0.3 is 6.03 Å². The van der Waals surface area contributed by atoms with E-state index >= 15 is 0 Å². The second-order valence-corrected chi connectivity index (χ2v) is 5.30. The molecule has 8 heteroatoms. The number of nitrogens with one attached hydrogen (secondary N) is 2. The molecule has 0 radical (unpaired) electrons. The molecule has 0 saturated carbocycles. The predicted molar refractivity (Wildman–Crippen MR) is 80.5 cm³/mol. The first-order valence-corrected chi connectivity index (χ1v) is 7.13. The number of aliphatic hydroxyl groups is 1. The molecule has 1 aliphatic rings. The van der Waals surface area contributed by atoms with Crippen LogP contribution in [0.5, 0.6) is 0 Å². The summed E-state index contributed by atoms with van der Waals surface area (Å²) < 4.78 is 1.35. The molecular formula is C14H20N4O4. The Kier molecular flexibility index (Phi) is 5.16. The third kappa shape index (κ3) is 4.32. The minimum atomic E-state index is -0.812. The van der Waals surface area contributed by atoms with Gasteiger partial charge < -0.3 is 25.2 Å². The zero-order valence-electron chi connectivity index (χ0n) is 12.4. The maximum atomic E-state index is 11.7. The molecule has 120 valence electrons. The molecule has 0 aliphatic carbocycles. The number of urea groups is 1. The normalized spacial score (nSPS) is 15.7. The fourth-order valence-electron chi connectivity index (χ4n) is 2.27. The van der Waals surface area contributed by atoms with E-state index in [0.29, 0.717) is 18.7 Å². The highest BCUT2D eigenvalue weighted by Gasteiger charge is 2.22. The van der Waals surface area contributed by atoms with Crippen molar-refractivity contribution >= 4 is 17.6 Å². The van der Waals surface area contributed by atoms with Gasteiger partial charge in [-0.2, -0.15) is 0 Å². The summed E-state index contributed by atoms with van der Waals surface area (Å²) in [6, 6.07) is 2.37. The molecule has 22 heavy (non-hydrogen) atoms. The maximum Gasteiger partial charge on any atom is 0.319 e. The van der Waals surface area contributed by atoms with Gasteiger partial charge in [0.1, 0.15) is 0 Å². The quantitative estimate of drug-likeness (QED) is 0.681. The van der Waals surface area contributed by atoms with Crippen molar-refractivity contribution in [3.05, 3.63) is 28.7 Å². The van der Waals surface area contributed by atoms with Gasteiger partial charge in [-0.3, -0.25) is 9.59 Å². The average molecular weight is 308 g/mol. The summed E-state index contributed by atoms with van der Waals surface area (Å²) >= 11 is 0. The molecule has 0 spiro atoms. The molecular weight excluding hydrogens is 288 g/mol. The molecule has 3 N–H and O–H groups in total. The molecule has 1 atom stereocenters. The van der Waals surface area contributed by atoms with Gasteiger partial charge in [-0.15, -0.1) is 0 Å². The molecule has 2 heterocycles. The van der Waals surface area contributed by atoms with Crippen molar-refractivity contribution in [3.8, 4) is 0 Å². The lowest BCUT2D eigenvalue weighted by Gasteiger charge is -2.20. The van der Waals surface area contributed by atoms with Crippen LogP contribution in [0.3, 0.4) is 0 Å². The summed E-state index contributed by atoms with van der Waals surface area (Å²) in [4.78, 5) is 36.0. The Labute approximate surface area is 127 Å². The number of nitrogens with zero attached hydrogens (tertiary/aromatic N) is 2. The second-order valence-electron chi connectivity index (χ2n) is 5.30. The van der Waals surface area contributed by atoms with E-state index in [4.69, 9.17) is 0 Å². The van der Waals surface area contributed by atoms with Crippen LogP contribution < -0.4 is 16.2 Å². The molecule has 3 amide bonds. The van der Waals surface area contributed by atoms with Crippen molar-refractivity contribution in [2.75, 3.05) is 25.0 Å². The predicted octanol–water partition coefficient (Wildman–Crippen LogP) is -0.510. The summed E-state index contributed by atoms with van der Waals surface area (Å²) in [6.07, 6.45) is 2.02. The fraction of sp³-hybridized carbons (Fsp3) is 0.500. The molecule has 2 rings (SSSR count). The minimum Gasteiger partial charge on any atom is -0.389 e. The number of rotatable bonds is 5. The van der Waals surface area contributed by atoms with Crippen molar-refractivity contribution in [2.45, 2.75) is 18.9 Å². The monoisotopic (exact) mass is 308 g/mol. The Morgan fingerprint density at radius 2 is 2.18 bits per heavy atom. The number of carbonyl (C=O) groups excluding carboxylic acids is 2. The van der Waals surface area contributed by atoms with Crippen LogP contribution in [0.4, 0.5) is 10.5 Å². The lowest BCUT2D eigenvalue weighted by atomic mass is 10.3. The Morgan fingerprint density at radius 1 is 1.41 bits per heavy atom. The molecule has 1 aromatic heterocycles. The van der Waals surface area contributed by atoms with Gasteiger partial charge in [0.15, 0.2) is 0 Å². The van der Waals surface area contributed by atoms with Crippen LogP contribution in [0, 0.1) is 0 Å². The summed E-state index contributed by atoms with van der Waals surface area (Å²) in [5.41, 5.74) is 0.306. The zero-order chi connectivity index (χ0) is 16.1. The molecule has 1 fully saturated rings. The standard InChI is InChI=1S/C14H20N4O4/c1-17-8-10(4-5-12(17)20)16-14(22)15-7-11(19)9-18-6-2-3-13(18)21/h4-5,8,11,19H,2-3,6-7,9H2,1H3,(H2,15,16,22)/t11-/m0/s1. The smallest absolute Gasteiger partial charge is 0.319 e. The van der Waals surface area contributed by atoms with Crippen LogP contribution >= 0.6 is 0 Å². The van der Waals surface area contributed by atoms with Gasteiger partial charge in [0.05, 0.1) is 11.8 Å². The van der Waals surface area contributed by atoms with Crippen molar-refractivity contribution in [1.82, 2.24) is 14.8 Å². The van der Waals surface area contributed by atoms with E-state index < -0.39 is 12.1 Å². The first-order chi connectivity index (χ1) is 10.5. The largest absolute Gasteiger partial charge is 0.389 e. The van der Waals surface area contributed by atoms with Crippen LogP contribution in [0.2, 0.25) is 0 Å². The molecule has 8 nitrogen and oxygen atoms in total. The SMILES string of the molecule is Cn1cc(NC(=O)NC[C@H](O)CN2CCCC2=O)ccc1=O. The van der Waals surface area contributed by atoms with Crippen molar-refractivity contribution < 1.29 is 14.7 Å². The molecule has 0 aromatic carbocycles. The Hall–Kier alpha value is -2.35. The zero-order valence-corrected chi connectivity index (χ0v) is 12.4. The Morgan fingerprint density at radius 3 is 2.82 bits per heavy atom. The number of aliphatic hydroxyl groups excluding tert-OH is 1. The number of hydrogen-bond acceptors (Lipinski definition) is 4. The van der Waals surface area contributed by atoms with Crippen molar-refractivity contribution in [3.63, 3.8) is 0 Å². The first kappa shape index (κ1) is 16.0. The Balaban J connectivity index is 1.76. The van der Waals surface area contributed by atoms with Crippen LogP contribution in [0.15, 0.2) is 23.1 Å². The number of aromatic nitrogens is 1. The third-order valence-electron chi connectivity index (χ3n) is 3.44. The maximum absolute atomic E-state index is 11.7. The van der Waals surface area contributed by atoms with E-state index in [0.717, 1.165) is 6.42 Å². The summed E-state index contributed by atoms with van der Waals surface area (Å²) in [6.45, 7) is 0.917. The summed E-state index contributed by atoms with van der Waals surface area (Å²) in [7, 11) is 1.59. The first-order valence-electron chi connectivity index (χ1n) is 7.13. The number of hydrogen-bond donors (Lipinski definition) is 3. The van der Waals surface area contributed by atoms with Gasteiger partial charge in [-0.05, 0) is 12.5 Å². The average Bonchev–Trinajstić information content (AvgIpc) is 2.86.